The molecule has 3 rings (SSSR count). The van der Waals surface area contributed by atoms with Crippen LogP contribution in [0.2, 0.25) is 10.0 Å². The first-order valence-electron chi connectivity index (χ1n) is 7.38. The Kier molecular flexibility index (Phi) is 4.62. The zero-order valence-electron chi connectivity index (χ0n) is 12.7. The molecule has 2 aromatic carbocycles. The highest BCUT2D eigenvalue weighted by molar-refractivity contribution is 6.35. The first-order valence-corrected chi connectivity index (χ1v) is 8.13. The Morgan fingerprint density at radius 2 is 1.70 bits per heavy atom. The zero-order chi connectivity index (χ0) is 16.4. The molecule has 0 bridgehead atoms. The van der Waals surface area contributed by atoms with Crippen LogP contribution in [0.3, 0.4) is 0 Å². The summed E-state index contributed by atoms with van der Waals surface area (Å²) >= 11 is 11.9. The summed E-state index contributed by atoms with van der Waals surface area (Å²) in [6.45, 7) is 0.432. The Bertz CT molecular complexity index is 700. The van der Waals surface area contributed by atoms with Gasteiger partial charge in [-0.05, 0) is 29.3 Å². The molecular weight excluding hydrogens is 333 g/mol. The number of fused-ring (bicyclic) bond motifs is 1. The van der Waals surface area contributed by atoms with Crippen molar-refractivity contribution in [2.75, 3.05) is 13.7 Å². The van der Waals surface area contributed by atoms with Crippen molar-refractivity contribution < 1.29 is 9.53 Å². The average Bonchev–Trinajstić information content (AvgIpc) is 2.91. The van der Waals surface area contributed by atoms with Crippen molar-refractivity contribution in [3.8, 4) is 0 Å². The van der Waals surface area contributed by atoms with Gasteiger partial charge in [-0.1, -0.05) is 47.5 Å². The zero-order valence-corrected chi connectivity index (χ0v) is 14.2. The molecule has 0 aromatic heterocycles. The number of hydrogen-bond acceptors (Lipinski definition) is 2. The standard InChI is InChI=1S/C18H17Cl2NO2/c1-23-18(9-12-4-2-3-5-13(12)10-18)11-21-17(22)14-6-15(19)8-16(20)7-14/h2-8H,9-11H2,1H3,(H,21,22). The van der Waals surface area contributed by atoms with E-state index < -0.39 is 5.60 Å². The quantitative estimate of drug-likeness (QED) is 0.908. The monoisotopic (exact) mass is 349 g/mol. The molecule has 0 fully saturated rings. The predicted molar refractivity (Wildman–Crippen MR) is 92.4 cm³/mol. The van der Waals surface area contributed by atoms with E-state index in [1.807, 2.05) is 12.1 Å². The van der Waals surface area contributed by atoms with E-state index in [-0.39, 0.29) is 5.91 Å². The Morgan fingerprint density at radius 1 is 1.13 bits per heavy atom. The van der Waals surface area contributed by atoms with Gasteiger partial charge in [-0.15, -0.1) is 0 Å². The summed E-state index contributed by atoms with van der Waals surface area (Å²) in [6, 6.07) is 13.1. The molecule has 1 N–H and O–H groups in total. The number of amides is 1. The molecule has 120 valence electrons. The predicted octanol–water partition coefficient (Wildman–Crippen LogP) is 3.91. The molecule has 1 aliphatic rings. The van der Waals surface area contributed by atoms with Crippen LogP contribution in [-0.4, -0.2) is 25.2 Å². The summed E-state index contributed by atoms with van der Waals surface area (Å²) < 4.78 is 5.75. The Hall–Kier alpha value is -1.55. The second-order valence-electron chi connectivity index (χ2n) is 5.85. The van der Waals surface area contributed by atoms with E-state index in [4.69, 9.17) is 27.9 Å². The van der Waals surface area contributed by atoms with Crippen molar-refractivity contribution >= 4 is 29.1 Å². The highest BCUT2D eigenvalue weighted by Gasteiger charge is 2.37. The number of methoxy groups -OCH3 is 1. The fourth-order valence-corrected chi connectivity index (χ4v) is 3.55. The average molecular weight is 350 g/mol. The summed E-state index contributed by atoms with van der Waals surface area (Å²) in [4.78, 5) is 12.4. The van der Waals surface area contributed by atoms with Gasteiger partial charge in [-0.2, -0.15) is 0 Å². The molecule has 23 heavy (non-hydrogen) atoms. The molecule has 3 nitrogen and oxygen atoms in total. The third-order valence-electron chi connectivity index (χ3n) is 4.27. The summed E-state index contributed by atoms with van der Waals surface area (Å²) in [5.41, 5.74) is 2.59. The summed E-state index contributed by atoms with van der Waals surface area (Å²) in [5.74, 6) is -0.207. The lowest BCUT2D eigenvalue weighted by Gasteiger charge is -2.27. The fourth-order valence-electron chi connectivity index (χ4n) is 3.03. The molecule has 0 saturated carbocycles. The summed E-state index contributed by atoms with van der Waals surface area (Å²) in [6.07, 6.45) is 1.58. The number of nitrogens with one attached hydrogen (secondary N) is 1. The molecule has 0 radical (unpaired) electrons. The van der Waals surface area contributed by atoms with Crippen LogP contribution < -0.4 is 5.32 Å². The number of ether oxygens (including phenoxy) is 1. The van der Waals surface area contributed by atoms with Gasteiger partial charge in [-0.3, -0.25) is 4.79 Å². The number of rotatable bonds is 4. The van der Waals surface area contributed by atoms with Crippen LogP contribution in [0.15, 0.2) is 42.5 Å². The van der Waals surface area contributed by atoms with Crippen molar-refractivity contribution in [1.29, 1.82) is 0 Å². The molecule has 2 aromatic rings. The van der Waals surface area contributed by atoms with Crippen LogP contribution in [-0.2, 0) is 17.6 Å². The summed E-state index contributed by atoms with van der Waals surface area (Å²) in [5, 5.41) is 3.82. The van der Waals surface area contributed by atoms with E-state index in [0.717, 1.165) is 12.8 Å². The van der Waals surface area contributed by atoms with E-state index in [0.29, 0.717) is 22.2 Å². The second kappa shape index (κ2) is 6.52. The molecule has 5 heteroatoms. The minimum atomic E-state index is -0.401. The maximum absolute atomic E-state index is 12.4. The maximum atomic E-state index is 12.4. The van der Waals surface area contributed by atoms with Crippen molar-refractivity contribution in [2.45, 2.75) is 18.4 Å². The Morgan fingerprint density at radius 3 is 2.22 bits per heavy atom. The SMILES string of the molecule is COC1(CNC(=O)c2cc(Cl)cc(Cl)c2)Cc2ccccc2C1. The van der Waals surface area contributed by atoms with Gasteiger partial charge in [0.15, 0.2) is 0 Å². The largest absolute Gasteiger partial charge is 0.376 e. The van der Waals surface area contributed by atoms with Gasteiger partial charge in [0.05, 0.1) is 5.60 Å². The van der Waals surface area contributed by atoms with Gasteiger partial charge in [0, 0.05) is 42.1 Å². The number of hydrogen-bond donors (Lipinski definition) is 1. The summed E-state index contributed by atoms with van der Waals surface area (Å²) in [7, 11) is 1.69. The number of carbonyl (C=O) groups excluding carboxylic acids is 1. The van der Waals surface area contributed by atoms with Crippen LogP contribution in [0.4, 0.5) is 0 Å². The molecule has 0 heterocycles. The van der Waals surface area contributed by atoms with Crippen LogP contribution in [0.25, 0.3) is 0 Å². The Labute approximate surface area is 145 Å². The number of halogens is 2. The van der Waals surface area contributed by atoms with E-state index in [2.05, 4.69) is 17.4 Å². The molecule has 0 saturated heterocycles. The van der Waals surface area contributed by atoms with Crippen LogP contribution >= 0.6 is 23.2 Å². The van der Waals surface area contributed by atoms with Gasteiger partial charge < -0.3 is 10.1 Å². The third kappa shape index (κ3) is 3.52. The molecule has 1 aliphatic carbocycles. The van der Waals surface area contributed by atoms with Crippen molar-refractivity contribution in [3.63, 3.8) is 0 Å². The molecule has 0 spiro atoms. The third-order valence-corrected chi connectivity index (χ3v) is 4.71. The van der Waals surface area contributed by atoms with Gasteiger partial charge in [-0.25, -0.2) is 0 Å². The lowest BCUT2D eigenvalue weighted by molar-refractivity contribution is 0.000177. The first-order chi connectivity index (χ1) is 11.0. The number of carbonyl (C=O) groups is 1. The fraction of sp³-hybridized carbons (Fsp3) is 0.278. The molecule has 0 aliphatic heterocycles. The van der Waals surface area contributed by atoms with E-state index >= 15 is 0 Å². The number of benzene rings is 2. The van der Waals surface area contributed by atoms with Crippen molar-refractivity contribution in [2.24, 2.45) is 0 Å². The maximum Gasteiger partial charge on any atom is 0.251 e. The van der Waals surface area contributed by atoms with Crippen LogP contribution in [0.1, 0.15) is 21.5 Å². The molecule has 0 unspecified atom stereocenters. The van der Waals surface area contributed by atoms with Gasteiger partial charge in [0.25, 0.3) is 5.91 Å². The molecular formula is C18H17Cl2NO2. The normalized spacial score (nSPS) is 15.3. The van der Waals surface area contributed by atoms with Gasteiger partial charge in [0.1, 0.15) is 0 Å². The Balaban J connectivity index is 1.71. The highest BCUT2D eigenvalue weighted by Crippen LogP contribution is 2.32. The van der Waals surface area contributed by atoms with E-state index in [1.165, 1.54) is 11.1 Å². The van der Waals surface area contributed by atoms with Crippen molar-refractivity contribution in [3.05, 3.63) is 69.2 Å². The van der Waals surface area contributed by atoms with Gasteiger partial charge >= 0.3 is 0 Å². The molecule has 0 atom stereocenters. The van der Waals surface area contributed by atoms with Crippen LogP contribution in [0.5, 0.6) is 0 Å². The lowest BCUT2D eigenvalue weighted by Crippen LogP contribution is -2.45. The topological polar surface area (TPSA) is 38.3 Å². The highest BCUT2D eigenvalue weighted by atomic mass is 35.5. The second-order valence-corrected chi connectivity index (χ2v) is 6.72. The van der Waals surface area contributed by atoms with Crippen LogP contribution in [0, 0.1) is 0 Å². The smallest absolute Gasteiger partial charge is 0.251 e. The molecule has 1 amide bonds. The van der Waals surface area contributed by atoms with E-state index in [1.54, 1.807) is 25.3 Å². The van der Waals surface area contributed by atoms with Gasteiger partial charge in [0.2, 0.25) is 0 Å². The lowest BCUT2D eigenvalue weighted by atomic mass is 10.00. The minimum absolute atomic E-state index is 0.207. The van der Waals surface area contributed by atoms with Crippen molar-refractivity contribution in [1.82, 2.24) is 5.32 Å². The first kappa shape index (κ1) is 16.3. The minimum Gasteiger partial charge on any atom is -0.376 e. The van der Waals surface area contributed by atoms with E-state index in [9.17, 15) is 4.79 Å².